The predicted octanol–water partition coefficient (Wildman–Crippen LogP) is 2.35. The van der Waals surface area contributed by atoms with Gasteiger partial charge in [-0.2, -0.15) is 0 Å². The van der Waals surface area contributed by atoms with Gasteiger partial charge in [0.2, 0.25) is 5.95 Å². The molecule has 140 valence electrons. The van der Waals surface area contributed by atoms with Crippen molar-refractivity contribution in [3.63, 3.8) is 0 Å². The van der Waals surface area contributed by atoms with E-state index in [1.807, 2.05) is 13.8 Å². The number of nitrogens with zero attached hydrogens (tertiary/aromatic N) is 3. The molecule has 1 aromatic heterocycles. The molecule has 0 bridgehead atoms. The molecule has 2 aromatic rings. The topological polar surface area (TPSA) is 113 Å². The first-order chi connectivity index (χ1) is 12.5. The Hall–Kier alpha value is -3.06. The molecule has 7 heteroatoms. The molecule has 0 aliphatic rings. The summed E-state index contributed by atoms with van der Waals surface area (Å²) in [4.78, 5) is 23.2. The normalized spacial score (nSPS) is 9.38. The van der Waals surface area contributed by atoms with E-state index in [4.69, 9.17) is 10.8 Å². The van der Waals surface area contributed by atoms with Crippen molar-refractivity contribution in [2.75, 3.05) is 25.9 Å². The zero-order chi connectivity index (χ0) is 19.8. The number of aliphatic hydroxyl groups is 1. The molecule has 1 amide bonds. The summed E-state index contributed by atoms with van der Waals surface area (Å²) >= 11 is 0. The average Bonchev–Trinajstić information content (AvgIpc) is 2.67. The van der Waals surface area contributed by atoms with Gasteiger partial charge in [0.1, 0.15) is 0 Å². The molecule has 2 rings (SSSR count). The van der Waals surface area contributed by atoms with Crippen LogP contribution in [0.25, 0.3) is 11.3 Å². The van der Waals surface area contributed by atoms with Gasteiger partial charge >= 0.3 is 0 Å². The lowest BCUT2D eigenvalue weighted by Crippen LogP contribution is -2.26. The van der Waals surface area contributed by atoms with Gasteiger partial charge in [0.05, 0.1) is 12.3 Å². The fourth-order valence-corrected chi connectivity index (χ4v) is 1.60. The molecule has 0 aliphatic heterocycles. The summed E-state index contributed by atoms with van der Waals surface area (Å²) < 4.78 is 0. The highest BCUT2D eigenvalue weighted by atomic mass is 16.3. The summed E-state index contributed by atoms with van der Waals surface area (Å²) in [5.74, 6) is -0.00920. The third kappa shape index (κ3) is 9.29. The Morgan fingerprint density at radius 2 is 1.88 bits per heavy atom. The van der Waals surface area contributed by atoms with Crippen LogP contribution in [-0.4, -0.2) is 47.4 Å². The lowest BCUT2D eigenvalue weighted by molar-refractivity contribution is 0.0945. The minimum Gasteiger partial charge on any atom is -0.395 e. The Balaban J connectivity index is 0.000000770. The number of carbonyl (C=O) groups excluding carboxylic acids is 1. The van der Waals surface area contributed by atoms with Crippen LogP contribution in [-0.2, 0) is 0 Å². The highest BCUT2D eigenvalue weighted by Gasteiger charge is 2.05. The Morgan fingerprint density at radius 3 is 2.35 bits per heavy atom. The number of hydrogen-bond donors (Lipinski definition) is 3. The van der Waals surface area contributed by atoms with Crippen LogP contribution in [0.5, 0.6) is 0 Å². The van der Waals surface area contributed by atoms with Gasteiger partial charge in [0.25, 0.3) is 5.91 Å². The number of carbonyl (C=O) groups is 1. The van der Waals surface area contributed by atoms with Crippen LogP contribution >= 0.6 is 0 Å². The van der Waals surface area contributed by atoms with Crippen molar-refractivity contribution in [1.82, 2.24) is 15.3 Å². The van der Waals surface area contributed by atoms with E-state index in [0.717, 1.165) is 5.56 Å². The number of hydrogen-bond acceptors (Lipinski definition) is 6. The number of aliphatic hydroxyl groups excluding tert-OH is 1. The Bertz CT molecular complexity index is 681. The molecule has 0 aliphatic carbocycles. The molecule has 1 aromatic carbocycles. The molecular formula is C19H27N5O2. The molecule has 0 radical (unpaired) electrons. The largest absolute Gasteiger partial charge is 0.395 e. The van der Waals surface area contributed by atoms with Gasteiger partial charge < -0.3 is 21.1 Å². The molecular weight excluding hydrogens is 330 g/mol. The molecule has 7 nitrogen and oxygen atoms in total. The molecule has 0 spiro atoms. The van der Waals surface area contributed by atoms with E-state index in [2.05, 4.69) is 26.9 Å². The number of anilines is 1. The van der Waals surface area contributed by atoms with Gasteiger partial charge in [0, 0.05) is 30.9 Å². The van der Waals surface area contributed by atoms with Crippen LogP contribution in [0, 0.1) is 0 Å². The van der Waals surface area contributed by atoms with Crippen LogP contribution in [0.2, 0.25) is 0 Å². The van der Waals surface area contributed by atoms with Gasteiger partial charge in [-0.3, -0.25) is 4.79 Å². The average molecular weight is 357 g/mol. The highest BCUT2D eigenvalue weighted by Crippen LogP contribution is 2.17. The molecule has 0 fully saturated rings. The van der Waals surface area contributed by atoms with E-state index in [1.54, 1.807) is 55.9 Å². The minimum atomic E-state index is -0.220. The molecule has 0 saturated carbocycles. The van der Waals surface area contributed by atoms with Crippen molar-refractivity contribution in [3.8, 4) is 11.3 Å². The number of rotatable bonds is 4. The first-order valence-electron chi connectivity index (χ1n) is 8.05. The summed E-state index contributed by atoms with van der Waals surface area (Å²) in [6.45, 7) is 7.30. The second-order valence-corrected chi connectivity index (χ2v) is 4.78. The number of nitrogens with two attached hydrogens (primary N) is 1. The van der Waals surface area contributed by atoms with Crippen molar-refractivity contribution in [1.29, 1.82) is 0 Å². The number of nitrogen functional groups attached to an aromatic ring is 1. The van der Waals surface area contributed by atoms with E-state index in [0.29, 0.717) is 11.3 Å². The quantitative estimate of drug-likeness (QED) is 0.574. The third-order valence-electron chi connectivity index (χ3n) is 2.77. The lowest BCUT2D eigenvalue weighted by Gasteiger charge is -2.05. The maximum absolute atomic E-state index is 11.6. The molecule has 0 saturated heterocycles. The number of amides is 1. The molecule has 4 N–H and O–H groups in total. The van der Waals surface area contributed by atoms with E-state index in [1.165, 1.54) is 0 Å². The lowest BCUT2D eigenvalue weighted by atomic mass is 10.1. The van der Waals surface area contributed by atoms with Crippen LogP contribution in [0.1, 0.15) is 24.2 Å². The zero-order valence-corrected chi connectivity index (χ0v) is 15.5. The summed E-state index contributed by atoms with van der Waals surface area (Å²) in [5.41, 5.74) is 7.60. The van der Waals surface area contributed by atoms with Gasteiger partial charge in [-0.05, 0) is 38.3 Å². The van der Waals surface area contributed by atoms with E-state index >= 15 is 0 Å². The third-order valence-corrected chi connectivity index (χ3v) is 2.77. The van der Waals surface area contributed by atoms with Gasteiger partial charge in [0.15, 0.2) is 0 Å². The zero-order valence-electron chi connectivity index (χ0n) is 15.5. The number of aliphatic imine (C=N–C) groups is 1. The van der Waals surface area contributed by atoms with Crippen LogP contribution in [0.3, 0.4) is 0 Å². The van der Waals surface area contributed by atoms with Crippen molar-refractivity contribution in [2.45, 2.75) is 13.8 Å². The summed E-state index contributed by atoms with van der Waals surface area (Å²) in [7, 11) is 1.75. The standard InChI is InChI=1S/C13H14N4O2.C3H7N.C3H6/c14-13-16-6-5-11(17-13)9-1-3-10(4-2-9)12(19)15-7-8-18;1-3-4-2;1-3-2/h1-6,18H,7-8H2,(H,15,19)(H2,14,16,17);3H,1-2H3;3H,1H2,2H3. The Labute approximate surface area is 154 Å². The van der Waals surface area contributed by atoms with Crippen molar-refractivity contribution < 1.29 is 9.90 Å². The van der Waals surface area contributed by atoms with E-state index in [9.17, 15) is 4.79 Å². The van der Waals surface area contributed by atoms with Crippen LogP contribution < -0.4 is 11.1 Å². The molecule has 0 atom stereocenters. The first kappa shape index (κ1) is 22.9. The van der Waals surface area contributed by atoms with Crippen molar-refractivity contribution >= 4 is 18.1 Å². The Morgan fingerprint density at radius 1 is 1.31 bits per heavy atom. The maximum atomic E-state index is 11.6. The summed E-state index contributed by atoms with van der Waals surface area (Å²) in [6.07, 6.45) is 5.08. The smallest absolute Gasteiger partial charge is 0.251 e. The highest BCUT2D eigenvalue weighted by molar-refractivity contribution is 5.94. The van der Waals surface area contributed by atoms with E-state index < -0.39 is 0 Å². The summed E-state index contributed by atoms with van der Waals surface area (Å²) in [6, 6.07) is 8.71. The molecule has 26 heavy (non-hydrogen) atoms. The number of nitrogens with one attached hydrogen (secondary N) is 1. The second kappa shape index (κ2) is 14.3. The molecule has 0 unspecified atom stereocenters. The Kier molecular flexibility index (Phi) is 12.6. The van der Waals surface area contributed by atoms with Crippen molar-refractivity contribution in [2.24, 2.45) is 4.99 Å². The number of benzene rings is 1. The van der Waals surface area contributed by atoms with Crippen LogP contribution in [0.4, 0.5) is 5.95 Å². The van der Waals surface area contributed by atoms with Crippen LogP contribution in [0.15, 0.2) is 54.2 Å². The summed E-state index contributed by atoms with van der Waals surface area (Å²) in [5, 5.41) is 11.2. The fourth-order valence-electron chi connectivity index (χ4n) is 1.60. The SMILES string of the molecule is C=CC.CC=NC.Nc1nccc(-c2ccc(C(=O)NCCO)cc2)n1. The maximum Gasteiger partial charge on any atom is 0.251 e. The van der Waals surface area contributed by atoms with Crippen molar-refractivity contribution in [3.05, 3.63) is 54.7 Å². The second-order valence-electron chi connectivity index (χ2n) is 4.78. The number of aromatic nitrogens is 2. The van der Waals surface area contributed by atoms with E-state index in [-0.39, 0.29) is 25.0 Å². The molecule has 1 heterocycles. The first-order valence-corrected chi connectivity index (χ1v) is 8.05. The van der Waals surface area contributed by atoms with Gasteiger partial charge in [-0.25, -0.2) is 9.97 Å². The number of allylic oxidation sites excluding steroid dienone is 1. The fraction of sp³-hybridized carbons (Fsp3) is 0.263. The van der Waals surface area contributed by atoms with Gasteiger partial charge in [-0.15, -0.1) is 6.58 Å². The van der Waals surface area contributed by atoms with Gasteiger partial charge in [-0.1, -0.05) is 18.2 Å². The predicted molar refractivity (Wildman–Crippen MR) is 107 cm³/mol. The minimum absolute atomic E-state index is 0.0793. The monoisotopic (exact) mass is 357 g/mol.